The van der Waals surface area contributed by atoms with Gasteiger partial charge in [0.1, 0.15) is 6.04 Å². The number of hydrogen-bond donors (Lipinski definition) is 1. The number of amides is 1. The van der Waals surface area contributed by atoms with Gasteiger partial charge < -0.3 is 14.4 Å². The van der Waals surface area contributed by atoms with Gasteiger partial charge in [0.25, 0.3) is 5.91 Å². The molecule has 1 aromatic heterocycles. The van der Waals surface area contributed by atoms with Crippen molar-refractivity contribution < 1.29 is 19.1 Å². The lowest BCUT2D eigenvalue weighted by molar-refractivity contribution is -0.141. The zero-order valence-electron chi connectivity index (χ0n) is 9.91. The van der Waals surface area contributed by atoms with Crippen LogP contribution in [0.15, 0.2) is 21.2 Å². The van der Waals surface area contributed by atoms with Crippen LogP contribution >= 0.6 is 27.7 Å². The topological polar surface area (TPSA) is 70.8 Å². The molecular formula is C12H12BrNO4S. The number of nitrogens with zero attached hydrogens (tertiary/aromatic N) is 1. The fourth-order valence-electron chi connectivity index (χ4n) is 2.28. The lowest BCUT2D eigenvalue weighted by Gasteiger charge is -2.26. The highest BCUT2D eigenvalue weighted by molar-refractivity contribution is 9.10. The van der Waals surface area contributed by atoms with E-state index in [0.29, 0.717) is 16.3 Å². The molecule has 0 aromatic carbocycles. The van der Waals surface area contributed by atoms with Gasteiger partial charge in [-0.3, -0.25) is 4.79 Å². The molecule has 2 fully saturated rings. The van der Waals surface area contributed by atoms with Crippen LogP contribution in [0.5, 0.6) is 0 Å². The predicted molar refractivity (Wildman–Crippen MR) is 73.0 cm³/mol. The Morgan fingerprint density at radius 3 is 2.68 bits per heavy atom. The van der Waals surface area contributed by atoms with Crippen LogP contribution < -0.4 is 0 Å². The van der Waals surface area contributed by atoms with Gasteiger partial charge in [0.2, 0.25) is 0 Å². The van der Waals surface area contributed by atoms with E-state index in [1.54, 1.807) is 23.9 Å². The van der Waals surface area contributed by atoms with E-state index < -0.39 is 12.0 Å². The predicted octanol–water partition coefficient (Wildman–Crippen LogP) is 2.42. The number of rotatable bonds is 3. The number of carbonyl (C=O) groups is 2. The molecule has 1 saturated carbocycles. The quantitative estimate of drug-likeness (QED) is 0.910. The van der Waals surface area contributed by atoms with Gasteiger partial charge >= 0.3 is 5.97 Å². The SMILES string of the molecule is O=C(O)C1CSC(C2CC2)N1C(=O)c1ccc(Br)o1. The van der Waals surface area contributed by atoms with Crippen LogP contribution in [0.1, 0.15) is 23.4 Å². The number of carbonyl (C=O) groups excluding carboxylic acids is 1. The minimum Gasteiger partial charge on any atom is -0.480 e. The number of halogens is 1. The maximum Gasteiger partial charge on any atom is 0.327 e. The summed E-state index contributed by atoms with van der Waals surface area (Å²) < 4.78 is 5.73. The van der Waals surface area contributed by atoms with Crippen molar-refractivity contribution in [3.8, 4) is 0 Å². The summed E-state index contributed by atoms with van der Waals surface area (Å²) in [6.45, 7) is 0. The second-order valence-electron chi connectivity index (χ2n) is 4.73. The summed E-state index contributed by atoms with van der Waals surface area (Å²) in [5.74, 6) is -0.220. The summed E-state index contributed by atoms with van der Waals surface area (Å²) >= 11 is 4.71. The fourth-order valence-corrected chi connectivity index (χ4v) is 4.21. The van der Waals surface area contributed by atoms with Crippen molar-refractivity contribution in [1.82, 2.24) is 4.90 Å². The molecule has 7 heteroatoms. The van der Waals surface area contributed by atoms with Crippen molar-refractivity contribution in [3.63, 3.8) is 0 Å². The van der Waals surface area contributed by atoms with E-state index in [-0.39, 0.29) is 17.0 Å². The molecule has 1 aliphatic carbocycles. The van der Waals surface area contributed by atoms with Crippen LogP contribution in [0.4, 0.5) is 0 Å². The average Bonchev–Trinajstić information content (AvgIpc) is 2.96. The third-order valence-corrected chi connectivity index (χ3v) is 5.25. The Bertz CT molecular complexity index is 528. The Hall–Kier alpha value is -0.950. The molecule has 2 atom stereocenters. The second kappa shape index (κ2) is 4.86. The van der Waals surface area contributed by atoms with Gasteiger partial charge in [-0.05, 0) is 46.8 Å². The molecule has 0 radical (unpaired) electrons. The van der Waals surface area contributed by atoms with Crippen LogP contribution in [-0.2, 0) is 4.79 Å². The first-order chi connectivity index (χ1) is 9.08. The molecule has 1 aliphatic heterocycles. The minimum atomic E-state index is -0.949. The van der Waals surface area contributed by atoms with Crippen LogP contribution in [0, 0.1) is 5.92 Å². The Kier molecular flexibility index (Phi) is 3.34. The smallest absolute Gasteiger partial charge is 0.327 e. The molecule has 1 aromatic rings. The first-order valence-electron chi connectivity index (χ1n) is 6.00. The van der Waals surface area contributed by atoms with E-state index in [4.69, 9.17) is 4.42 Å². The highest BCUT2D eigenvalue weighted by Crippen LogP contribution is 2.46. The lowest BCUT2D eigenvalue weighted by atomic mass is 10.2. The highest BCUT2D eigenvalue weighted by Gasteiger charge is 2.48. The summed E-state index contributed by atoms with van der Waals surface area (Å²) in [5.41, 5.74) is 0. The maximum atomic E-state index is 12.5. The molecule has 0 bridgehead atoms. The first-order valence-corrected chi connectivity index (χ1v) is 7.84. The summed E-state index contributed by atoms with van der Waals surface area (Å²) in [7, 11) is 0. The third kappa shape index (κ3) is 2.41. The summed E-state index contributed by atoms with van der Waals surface area (Å²) in [6.07, 6.45) is 2.13. The lowest BCUT2D eigenvalue weighted by Crippen LogP contribution is -2.46. The van der Waals surface area contributed by atoms with Gasteiger partial charge in [0.05, 0.1) is 5.37 Å². The number of hydrogen-bond acceptors (Lipinski definition) is 4. The molecule has 2 aliphatic rings. The normalized spacial score (nSPS) is 26.7. The number of thioether (sulfide) groups is 1. The number of aliphatic carboxylic acids is 1. The van der Waals surface area contributed by atoms with Crippen molar-refractivity contribution in [1.29, 1.82) is 0 Å². The molecule has 19 heavy (non-hydrogen) atoms. The molecule has 2 unspecified atom stereocenters. The van der Waals surface area contributed by atoms with E-state index in [0.717, 1.165) is 12.8 Å². The van der Waals surface area contributed by atoms with E-state index in [2.05, 4.69) is 15.9 Å². The van der Waals surface area contributed by atoms with Crippen LogP contribution in [0.2, 0.25) is 0 Å². The standard InChI is InChI=1S/C12H12BrNO4S/c13-9-4-3-8(18-9)10(15)14-7(12(16)17)5-19-11(14)6-1-2-6/h3-4,6-7,11H,1-2,5H2,(H,16,17). The summed E-state index contributed by atoms with van der Waals surface area (Å²) in [4.78, 5) is 25.2. The monoisotopic (exact) mass is 345 g/mol. The van der Waals surface area contributed by atoms with Gasteiger partial charge in [0, 0.05) is 5.75 Å². The van der Waals surface area contributed by atoms with Crippen molar-refractivity contribution >= 4 is 39.6 Å². The number of furan rings is 1. The largest absolute Gasteiger partial charge is 0.480 e. The van der Waals surface area contributed by atoms with E-state index in [1.165, 1.54) is 4.90 Å². The highest BCUT2D eigenvalue weighted by atomic mass is 79.9. The number of carboxylic acids is 1. The molecule has 3 rings (SSSR count). The third-order valence-electron chi connectivity index (χ3n) is 3.36. The molecule has 1 amide bonds. The van der Waals surface area contributed by atoms with Crippen molar-refractivity contribution in [2.45, 2.75) is 24.3 Å². The van der Waals surface area contributed by atoms with Crippen LogP contribution in [0.3, 0.4) is 0 Å². The van der Waals surface area contributed by atoms with E-state index in [1.807, 2.05) is 0 Å². The minimum absolute atomic E-state index is 0.0301. The second-order valence-corrected chi connectivity index (χ2v) is 6.66. The molecule has 0 spiro atoms. The molecule has 102 valence electrons. The number of carboxylic acid groups (broad SMARTS) is 1. The molecule has 1 saturated heterocycles. The first kappa shape index (κ1) is 13.1. The van der Waals surface area contributed by atoms with Crippen LogP contribution in [0.25, 0.3) is 0 Å². The van der Waals surface area contributed by atoms with Crippen molar-refractivity contribution in [3.05, 3.63) is 22.6 Å². The molecule has 1 N–H and O–H groups in total. The van der Waals surface area contributed by atoms with Crippen LogP contribution in [-0.4, -0.2) is 39.1 Å². The van der Waals surface area contributed by atoms with Crippen molar-refractivity contribution in [2.75, 3.05) is 5.75 Å². The van der Waals surface area contributed by atoms with Gasteiger partial charge in [-0.1, -0.05) is 0 Å². The Morgan fingerprint density at radius 2 is 2.16 bits per heavy atom. The van der Waals surface area contributed by atoms with E-state index in [9.17, 15) is 14.7 Å². The van der Waals surface area contributed by atoms with E-state index >= 15 is 0 Å². The molecule has 5 nitrogen and oxygen atoms in total. The maximum absolute atomic E-state index is 12.5. The van der Waals surface area contributed by atoms with Crippen molar-refractivity contribution in [2.24, 2.45) is 5.92 Å². The van der Waals surface area contributed by atoms with Gasteiger partial charge in [-0.2, -0.15) is 0 Å². The molecule has 2 heterocycles. The average molecular weight is 346 g/mol. The molecular weight excluding hydrogens is 334 g/mol. The Morgan fingerprint density at radius 1 is 1.42 bits per heavy atom. The zero-order chi connectivity index (χ0) is 13.6. The van der Waals surface area contributed by atoms with Gasteiger partial charge in [0.15, 0.2) is 10.4 Å². The Labute approximate surface area is 122 Å². The summed E-state index contributed by atoms with van der Waals surface area (Å²) in [5, 5.41) is 9.23. The fraction of sp³-hybridized carbons (Fsp3) is 0.500. The zero-order valence-corrected chi connectivity index (χ0v) is 12.3. The Balaban J connectivity index is 1.88. The van der Waals surface area contributed by atoms with Gasteiger partial charge in [-0.15, -0.1) is 11.8 Å². The van der Waals surface area contributed by atoms with Gasteiger partial charge in [-0.25, -0.2) is 4.79 Å². The summed E-state index contributed by atoms with van der Waals surface area (Å²) in [6, 6.07) is 2.45.